The van der Waals surface area contributed by atoms with Crippen molar-refractivity contribution in [1.29, 1.82) is 0 Å². The van der Waals surface area contributed by atoms with Crippen LogP contribution in [0.4, 0.5) is 0 Å². The first kappa shape index (κ1) is 17.1. The molecule has 4 N–H and O–H groups in total. The average Bonchev–Trinajstić information content (AvgIpc) is 3.05. The van der Waals surface area contributed by atoms with E-state index in [0.29, 0.717) is 11.0 Å². The molecule has 1 aliphatic rings. The summed E-state index contributed by atoms with van der Waals surface area (Å²) in [5, 5.41) is 20.0. The van der Waals surface area contributed by atoms with Gasteiger partial charge in [-0.25, -0.2) is 0 Å². The number of carbonyl (C=O) groups excluding carboxylic acids is 2. The van der Waals surface area contributed by atoms with E-state index < -0.39 is 30.3 Å². The Labute approximate surface area is 133 Å². The van der Waals surface area contributed by atoms with Crippen molar-refractivity contribution >= 4 is 26.4 Å². The fourth-order valence-corrected chi connectivity index (χ4v) is 3.92. The molecule has 0 unspecified atom stereocenters. The molecule has 9 heteroatoms. The Morgan fingerprint density at radius 1 is 1.45 bits per heavy atom. The molecule has 1 amide bonds. The zero-order valence-corrected chi connectivity index (χ0v) is 13.7. The molecule has 1 aliphatic heterocycles. The summed E-state index contributed by atoms with van der Waals surface area (Å²) in [5.74, 6) is -1.02. The first-order valence-electron chi connectivity index (χ1n) is 6.86. The molecule has 0 aromatic carbocycles. The maximum absolute atomic E-state index is 11.3. The Balaban J connectivity index is 1.99. The van der Waals surface area contributed by atoms with Crippen LogP contribution in [0.2, 0.25) is 0 Å². The monoisotopic (exact) mass is 378 g/mol. The Morgan fingerprint density at radius 3 is 2.77 bits per heavy atom. The third-order valence-electron chi connectivity index (χ3n) is 3.24. The van der Waals surface area contributed by atoms with Crippen LogP contribution in [0.25, 0.3) is 0 Å². The van der Waals surface area contributed by atoms with E-state index in [1.165, 1.54) is 0 Å². The fourth-order valence-electron chi connectivity index (χ4n) is 2.07. The molecule has 4 atom stereocenters. The van der Waals surface area contributed by atoms with Gasteiger partial charge in [0.1, 0.15) is 0 Å². The quantitative estimate of drug-likeness (QED) is 0.417. The van der Waals surface area contributed by atoms with Crippen LogP contribution >= 0.6 is 0 Å². The summed E-state index contributed by atoms with van der Waals surface area (Å²) >= 11 is -0.274. The van der Waals surface area contributed by atoms with Crippen molar-refractivity contribution in [3.05, 3.63) is 15.2 Å². The Kier molecular flexibility index (Phi) is 5.71. The molecule has 0 aliphatic carbocycles. The van der Waals surface area contributed by atoms with E-state index in [9.17, 15) is 19.8 Å². The van der Waals surface area contributed by atoms with Crippen molar-refractivity contribution < 1.29 is 29.3 Å². The van der Waals surface area contributed by atoms with Gasteiger partial charge >= 0.3 is 132 Å². The molecule has 22 heavy (non-hydrogen) atoms. The summed E-state index contributed by atoms with van der Waals surface area (Å²) in [4.78, 5) is 28.0. The van der Waals surface area contributed by atoms with Crippen LogP contribution in [-0.4, -0.2) is 66.5 Å². The molecular weight excluding hydrogens is 359 g/mol. The molecule has 1 fully saturated rings. The normalized spacial score (nSPS) is 27.8. The van der Waals surface area contributed by atoms with Crippen molar-refractivity contribution in [2.45, 2.75) is 44.2 Å². The van der Waals surface area contributed by atoms with Crippen LogP contribution in [0.3, 0.4) is 0 Å². The summed E-state index contributed by atoms with van der Waals surface area (Å²) in [6, 6.07) is 0. The van der Waals surface area contributed by atoms with Crippen molar-refractivity contribution in [2.75, 3.05) is 6.61 Å². The van der Waals surface area contributed by atoms with Gasteiger partial charge in [0.2, 0.25) is 0 Å². The first-order chi connectivity index (χ1) is 10.4. The number of hydrogen-bond acceptors (Lipinski definition) is 7. The number of aromatic nitrogens is 1. The molecule has 0 bridgehead atoms. The van der Waals surface area contributed by atoms with E-state index in [1.807, 2.05) is 6.92 Å². The van der Waals surface area contributed by atoms with E-state index in [-0.39, 0.29) is 39.2 Å². The van der Waals surface area contributed by atoms with E-state index >= 15 is 0 Å². The first-order valence-corrected chi connectivity index (χ1v) is 8.71. The predicted octanol–water partition coefficient (Wildman–Crippen LogP) is -1.26. The number of rotatable bonds is 6. The van der Waals surface area contributed by atoms with E-state index in [0.717, 1.165) is 0 Å². The molecule has 1 saturated heterocycles. The van der Waals surface area contributed by atoms with Gasteiger partial charge in [-0.3, -0.25) is 0 Å². The van der Waals surface area contributed by atoms with Gasteiger partial charge in [-0.1, -0.05) is 0 Å². The molecule has 2 rings (SSSR count). The molecule has 1 aromatic rings. The SMILES string of the molecule is CCCC(=O)OC[C@H]1O[C@@H](c2nc(C(N)=O)c[se]2)[C@H](O)[C@@H]1O. The van der Waals surface area contributed by atoms with Gasteiger partial charge in [-0.15, -0.1) is 0 Å². The minimum absolute atomic E-state index is 0.135. The number of hydrogen-bond donors (Lipinski definition) is 3. The Bertz CT molecular complexity index is 548. The third kappa shape index (κ3) is 3.74. The van der Waals surface area contributed by atoms with Crippen LogP contribution in [0.15, 0.2) is 4.94 Å². The van der Waals surface area contributed by atoms with E-state index in [4.69, 9.17) is 15.2 Å². The Morgan fingerprint density at radius 2 is 2.18 bits per heavy atom. The van der Waals surface area contributed by atoms with Crippen molar-refractivity contribution in [1.82, 2.24) is 4.98 Å². The number of nitrogens with two attached hydrogens (primary N) is 1. The zero-order chi connectivity index (χ0) is 16.3. The van der Waals surface area contributed by atoms with Crippen LogP contribution in [-0.2, 0) is 14.3 Å². The number of esters is 1. The summed E-state index contributed by atoms with van der Waals surface area (Å²) < 4.78 is 11.0. The van der Waals surface area contributed by atoms with Gasteiger partial charge in [0.15, 0.2) is 0 Å². The molecule has 8 nitrogen and oxygen atoms in total. The number of aliphatic hydroxyl groups excluding tert-OH is 2. The van der Waals surface area contributed by atoms with Crippen molar-refractivity contribution in [3.8, 4) is 0 Å². The van der Waals surface area contributed by atoms with Crippen molar-refractivity contribution in [3.63, 3.8) is 0 Å². The number of nitrogens with zero attached hydrogens (tertiary/aromatic N) is 1. The maximum atomic E-state index is 11.3. The van der Waals surface area contributed by atoms with Gasteiger partial charge in [0, 0.05) is 0 Å². The second kappa shape index (κ2) is 7.34. The topological polar surface area (TPSA) is 132 Å². The molecule has 0 saturated carbocycles. The molecule has 122 valence electrons. The Hall–Kier alpha value is -1.25. The molecule has 1 aromatic heterocycles. The molecular formula is C13H18N2O6Se. The van der Waals surface area contributed by atoms with Gasteiger partial charge in [0.05, 0.1) is 0 Å². The van der Waals surface area contributed by atoms with Gasteiger partial charge in [-0.2, -0.15) is 0 Å². The third-order valence-corrected chi connectivity index (χ3v) is 5.14. The summed E-state index contributed by atoms with van der Waals surface area (Å²) in [6.07, 6.45) is -3.06. The number of carbonyl (C=O) groups is 2. The van der Waals surface area contributed by atoms with Crippen LogP contribution < -0.4 is 5.73 Å². The number of ether oxygens (including phenoxy) is 2. The van der Waals surface area contributed by atoms with E-state index in [2.05, 4.69) is 4.98 Å². The second-order valence-corrected chi connectivity index (χ2v) is 6.81. The van der Waals surface area contributed by atoms with Crippen molar-refractivity contribution in [2.24, 2.45) is 5.73 Å². The minimum atomic E-state index is -1.18. The standard InChI is InChI=1S/C13H18N2O6Se/c1-2-3-8(16)20-4-7-9(17)10(18)11(21-7)13-15-6(5-22-13)12(14)19/h5,7,9-11,17-18H,2-4H2,1H3,(H2,14,19)/t7-,9-,10-,11-/m1/s1. The van der Waals surface area contributed by atoms with Crippen LogP contribution in [0, 0.1) is 0 Å². The predicted molar refractivity (Wildman–Crippen MR) is 75.2 cm³/mol. The number of aliphatic hydroxyl groups is 2. The van der Waals surface area contributed by atoms with Gasteiger partial charge in [-0.05, 0) is 0 Å². The average molecular weight is 377 g/mol. The zero-order valence-electron chi connectivity index (χ0n) is 12.0. The fraction of sp³-hybridized carbons (Fsp3) is 0.615. The summed E-state index contributed by atoms with van der Waals surface area (Å²) in [5.41, 5.74) is 5.28. The molecule has 0 radical (unpaired) electrons. The van der Waals surface area contributed by atoms with E-state index in [1.54, 1.807) is 4.94 Å². The number of primary amides is 1. The van der Waals surface area contributed by atoms with Crippen LogP contribution in [0.1, 0.15) is 40.9 Å². The second-order valence-electron chi connectivity index (χ2n) is 4.94. The molecule has 2 heterocycles. The van der Waals surface area contributed by atoms with Gasteiger partial charge in [0.25, 0.3) is 0 Å². The summed E-state index contributed by atoms with van der Waals surface area (Å²) in [6.45, 7) is 1.72. The van der Waals surface area contributed by atoms with Gasteiger partial charge < -0.3 is 0 Å². The number of amides is 1. The van der Waals surface area contributed by atoms with Crippen LogP contribution in [0.5, 0.6) is 0 Å². The molecule has 0 spiro atoms. The summed E-state index contributed by atoms with van der Waals surface area (Å²) in [7, 11) is 0.